The second-order valence-electron chi connectivity index (χ2n) is 6.64. The van der Waals surface area contributed by atoms with Gasteiger partial charge in [-0.25, -0.2) is 4.79 Å². The van der Waals surface area contributed by atoms with Crippen LogP contribution in [0.1, 0.15) is 21.7 Å². The van der Waals surface area contributed by atoms with E-state index in [1.165, 1.54) is 12.3 Å². The number of methoxy groups -OCH3 is 1. The highest BCUT2D eigenvalue weighted by molar-refractivity contribution is 5.91. The number of esters is 1. The second kappa shape index (κ2) is 7.31. The van der Waals surface area contributed by atoms with E-state index in [2.05, 4.69) is 0 Å². The van der Waals surface area contributed by atoms with Gasteiger partial charge in [-0.2, -0.15) is 0 Å². The van der Waals surface area contributed by atoms with E-state index in [1.54, 1.807) is 43.5 Å². The molecule has 0 amide bonds. The minimum atomic E-state index is -0.777. The normalized spacial score (nSPS) is 10.9. The Hall–Kier alpha value is -3.80. The Morgan fingerprint density at radius 3 is 2.45 bits per heavy atom. The monoisotopic (exact) mass is 390 g/mol. The Morgan fingerprint density at radius 2 is 1.79 bits per heavy atom. The van der Waals surface area contributed by atoms with E-state index in [0.29, 0.717) is 22.3 Å². The molecule has 0 bridgehead atoms. The molecule has 0 fully saturated rings. The third-order valence-corrected chi connectivity index (χ3v) is 4.56. The predicted octanol–water partition coefficient (Wildman–Crippen LogP) is 4.90. The van der Waals surface area contributed by atoms with Gasteiger partial charge >= 0.3 is 5.97 Å². The summed E-state index contributed by atoms with van der Waals surface area (Å²) in [6, 6.07) is 13.6. The number of benzene rings is 2. The van der Waals surface area contributed by atoms with E-state index in [4.69, 9.17) is 18.3 Å². The fourth-order valence-electron chi connectivity index (χ4n) is 3.24. The van der Waals surface area contributed by atoms with Crippen LogP contribution in [0.5, 0.6) is 11.5 Å². The Labute approximate surface area is 166 Å². The lowest BCUT2D eigenvalue weighted by atomic mass is 10.0. The molecule has 2 heterocycles. The molecule has 29 heavy (non-hydrogen) atoms. The summed E-state index contributed by atoms with van der Waals surface area (Å²) in [6.07, 6.45) is 1.36. The van der Waals surface area contributed by atoms with Gasteiger partial charge in [-0.15, -0.1) is 0 Å². The first-order valence-corrected chi connectivity index (χ1v) is 8.96. The molecule has 0 saturated heterocycles. The van der Waals surface area contributed by atoms with Crippen molar-refractivity contribution in [3.63, 3.8) is 0 Å². The zero-order valence-corrected chi connectivity index (χ0v) is 16.1. The van der Waals surface area contributed by atoms with Gasteiger partial charge in [0.2, 0.25) is 16.9 Å². The molecule has 0 saturated carbocycles. The first-order valence-electron chi connectivity index (χ1n) is 8.96. The Morgan fingerprint density at radius 1 is 1.03 bits per heavy atom. The zero-order valence-electron chi connectivity index (χ0n) is 16.1. The second-order valence-corrected chi connectivity index (χ2v) is 6.64. The maximum Gasteiger partial charge on any atom is 0.379 e. The first-order chi connectivity index (χ1) is 14.0. The molecular formula is C23H18O6. The summed E-state index contributed by atoms with van der Waals surface area (Å²) in [5, 5.41) is 0.370. The Bertz CT molecular complexity index is 1250. The summed E-state index contributed by atoms with van der Waals surface area (Å²) in [6.45, 7) is 3.74. The largest absolute Gasteiger partial charge is 0.497 e. The highest BCUT2D eigenvalue weighted by Crippen LogP contribution is 2.33. The third kappa shape index (κ3) is 3.40. The van der Waals surface area contributed by atoms with Gasteiger partial charge in [0.15, 0.2) is 5.76 Å². The topological polar surface area (TPSA) is 78.9 Å². The van der Waals surface area contributed by atoms with Crippen LogP contribution in [0.2, 0.25) is 0 Å². The molecule has 0 aliphatic heterocycles. The Kier molecular flexibility index (Phi) is 4.68. The molecule has 0 N–H and O–H groups in total. The average Bonchev–Trinajstić information content (AvgIpc) is 3.24. The zero-order chi connectivity index (χ0) is 20.5. The maximum atomic E-state index is 13.3. The lowest BCUT2D eigenvalue weighted by Crippen LogP contribution is -2.16. The summed E-state index contributed by atoms with van der Waals surface area (Å²) < 4.78 is 21.8. The minimum Gasteiger partial charge on any atom is -0.497 e. The minimum absolute atomic E-state index is 0.00851. The summed E-state index contributed by atoms with van der Waals surface area (Å²) >= 11 is 0. The molecule has 0 radical (unpaired) electrons. The van der Waals surface area contributed by atoms with Crippen LogP contribution < -0.4 is 14.9 Å². The SMILES string of the molecule is COc1ccc(-c2oc3cc(C)cc(C)c3c(=O)c2OC(=O)c2ccco2)cc1. The number of hydrogen-bond acceptors (Lipinski definition) is 6. The van der Waals surface area contributed by atoms with Crippen LogP contribution in [-0.2, 0) is 0 Å². The van der Waals surface area contributed by atoms with Crippen molar-refractivity contribution in [1.82, 2.24) is 0 Å². The number of fused-ring (bicyclic) bond motifs is 1. The maximum absolute atomic E-state index is 13.3. The van der Waals surface area contributed by atoms with Crippen LogP contribution in [0, 0.1) is 13.8 Å². The lowest BCUT2D eigenvalue weighted by molar-refractivity contribution is 0.0698. The molecule has 2 aromatic carbocycles. The van der Waals surface area contributed by atoms with E-state index in [1.807, 2.05) is 19.9 Å². The molecular weight excluding hydrogens is 372 g/mol. The van der Waals surface area contributed by atoms with Crippen LogP contribution in [-0.4, -0.2) is 13.1 Å². The highest BCUT2D eigenvalue weighted by atomic mass is 16.6. The van der Waals surface area contributed by atoms with Crippen LogP contribution in [0.25, 0.3) is 22.3 Å². The number of furan rings is 1. The van der Waals surface area contributed by atoms with Crippen molar-refractivity contribution in [3.05, 3.63) is 81.9 Å². The van der Waals surface area contributed by atoms with Crippen molar-refractivity contribution in [1.29, 1.82) is 0 Å². The van der Waals surface area contributed by atoms with Gasteiger partial charge in [-0.3, -0.25) is 4.79 Å². The molecule has 4 aromatic rings. The van der Waals surface area contributed by atoms with Gasteiger partial charge in [0.05, 0.1) is 18.8 Å². The fourth-order valence-corrected chi connectivity index (χ4v) is 3.24. The summed E-state index contributed by atoms with van der Waals surface area (Å²) in [5.41, 5.74) is 2.28. The van der Waals surface area contributed by atoms with Crippen LogP contribution in [0.4, 0.5) is 0 Å². The van der Waals surface area contributed by atoms with Crippen molar-refractivity contribution in [2.75, 3.05) is 7.11 Å². The van der Waals surface area contributed by atoms with E-state index in [0.717, 1.165) is 11.1 Å². The number of carbonyl (C=O) groups is 1. The third-order valence-electron chi connectivity index (χ3n) is 4.56. The van der Waals surface area contributed by atoms with E-state index in [9.17, 15) is 9.59 Å². The number of hydrogen-bond donors (Lipinski definition) is 0. The quantitative estimate of drug-likeness (QED) is 0.461. The van der Waals surface area contributed by atoms with Crippen LogP contribution in [0.15, 0.2) is 68.4 Å². The fraction of sp³-hybridized carbons (Fsp3) is 0.130. The molecule has 0 spiro atoms. The van der Waals surface area contributed by atoms with Crippen molar-refractivity contribution in [2.24, 2.45) is 0 Å². The van der Waals surface area contributed by atoms with E-state index in [-0.39, 0.29) is 17.3 Å². The van der Waals surface area contributed by atoms with Gasteiger partial charge in [-0.1, -0.05) is 6.07 Å². The summed E-state index contributed by atoms with van der Waals surface area (Å²) in [4.78, 5) is 25.8. The van der Waals surface area contributed by atoms with Crippen molar-refractivity contribution >= 4 is 16.9 Å². The van der Waals surface area contributed by atoms with E-state index >= 15 is 0 Å². The summed E-state index contributed by atoms with van der Waals surface area (Å²) in [7, 11) is 1.56. The smallest absolute Gasteiger partial charge is 0.379 e. The number of ether oxygens (including phenoxy) is 2. The van der Waals surface area contributed by atoms with Gasteiger partial charge in [0, 0.05) is 5.56 Å². The molecule has 0 aliphatic carbocycles. The first kappa shape index (κ1) is 18.6. The molecule has 0 unspecified atom stereocenters. The van der Waals surface area contributed by atoms with Gasteiger partial charge in [0.1, 0.15) is 11.3 Å². The van der Waals surface area contributed by atoms with Crippen LogP contribution >= 0.6 is 0 Å². The summed E-state index contributed by atoms with van der Waals surface area (Å²) in [5.74, 6) is -0.157. The lowest BCUT2D eigenvalue weighted by Gasteiger charge is -2.12. The van der Waals surface area contributed by atoms with Crippen LogP contribution in [0.3, 0.4) is 0 Å². The average molecular weight is 390 g/mol. The Balaban J connectivity index is 1.95. The molecule has 0 aliphatic rings. The molecule has 0 atom stereocenters. The molecule has 2 aromatic heterocycles. The number of rotatable bonds is 4. The molecule has 6 heteroatoms. The number of aryl methyl sites for hydroxylation is 2. The van der Waals surface area contributed by atoms with Crippen molar-refractivity contribution in [3.8, 4) is 22.8 Å². The van der Waals surface area contributed by atoms with Gasteiger partial charge in [-0.05, 0) is 67.4 Å². The predicted molar refractivity (Wildman–Crippen MR) is 108 cm³/mol. The van der Waals surface area contributed by atoms with Crippen molar-refractivity contribution in [2.45, 2.75) is 13.8 Å². The molecule has 146 valence electrons. The van der Waals surface area contributed by atoms with Gasteiger partial charge in [0.25, 0.3) is 0 Å². The van der Waals surface area contributed by atoms with Crippen molar-refractivity contribution < 1.29 is 23.1 Å². The molecule has 6 nitrogen and oxygen atoms in total. The van der Waals surface area contributed by atoms with E-state index < -0.39 is 11.4 Å². The highest BCUT2D eigenvalue weighted by Gasteiger charge is 2.23. The standard InChI is InChI=1S/C23H18O6/c1-13-11-14(2)19-18(12-13)28-21(15-6-8-16(26-3)9-7-15)22(20(19)24)29-23(25)17-5-4-10-27-17/h4-12H,1-3H3. The van der Waals surface area contributed by atoms with Gasteiger partial charge < -0.3 is 18.3 Å². The number of carbonyl (C=O) groups excluding carboxylic acids is 1. The molecule has 4 rings (SSSR count).